The van der Waals surface area contributed by atoms with Crippen molar-refractivity contribution in [3.63, 3.8) is 0 Å². The van der Waals surface area contributed by atoms with Gasteiger partial charge in [-0.2, -0.15) is 0 Å². The molecule has 0 amide bonds. The van der Waals surface area contributed by atoms with E-state index in [1.165, 1.54) is 6.42 Å². The van der Waals surface area contributed by atoms with E-state index in [0.717, 1.165) is 19.3 Å². The summed E-state index contributed by atoms with van der Waals surface area (Å²) < 4.78 is 0. The Balaban J connectivity index is 2.17. The van der Waals surface area contributed by atoms with Crippen LogP contribution in [0.4, 0.5) is 0 Å². The predicted octanol–water partition coefficient (Wildman–Crippen LogP) is 1.27. The summed E-state index contributed by atoms with van der Waals surface area (Å²) in [6, 6.07) is 0. The number of hydrogen-bond acceptors (Lipinski definition) is 2. The Labute approximate surface area is 66.6 Å². The van der Waals surface area contributed by atoms with Crippen LogP contribution in [0.15, 0.2) is 0 Å². The highest BCUT2D eigenvalue weighted by Gasteiger charge is 2.46. The van der Waals surface area contributed by atoms with Crippen molar-refractivity contribution in [3.05, 3.63) is 0 Å². The molecule has 2 nitrogen and oxygen atoms in total. The molecule has 0 heterocycles. The maximum Gasteiger partial charge on any atom is 0.136 e. The number of fused-ring (bicyclic) bond motifs is 1. The fourth-order valence-electron chi connectivity index (χ4n) is 2.51. The van der Waals surface area contributed by atoms with E-state index in [1.807, 2.05) is 0 Å². The molecule has 1 N–H and O–H groups in total. The van der Waals surface area contributed by atoms with E-state index >= 15 is 0 Å². The summed E-state index contributed by atoms with van der Waals surface area (Å²) >= 11 is 0. The Morgan fingerprint density at radius 3 is 3.00 bits per heavy atom. The minimum Gasteiger partial charge on any atom is -0.389 e. The third kappa shape index (κ3) is 1.09. The van der Waals surface area contributed by atoms with Crippen LogP contribution in [0.2, 0.25) is 0 Å². The SMILES string of the molecule is O=C1CC2CCCCC2(O)C1. The zero-order chi connectivity index (χ0) is 7.90. The highest BCUT2D eigenvalue weighted by atomic mass is 16.3. The second-order valence-electron chi connectivity index (χ2n) is 3.97. The van der Waals surface area contributed by atoms with Gasteiger partial charge in [0.15, 0.2) is 0 Å². The summed E-state index contributed by atoms with van der Waals surface area (Å²) in [5, 5.41) is 9.96. The van der Waals surface area contributed by atoms with Crippen molar-refractivity contribution in [2.45, 2.75) is 44.1 Å². The quantitative estimate of drug-likeness (QED) is 0.570. The average molecular weight is 154 g/mol. The van der Waals surface area contributed by atoms with Crippen LogP contribution < -0.4 is 0 Å². The molecule has 0 bridgehead atoms. The van der Waals surface area contributed by atoms with Crippen LogP contribution in [0.3, 0.4) is 0 Å². The van der Waals surface area contributed by atoms with Gasteiger partial charge in [0.2, 0.25) is 0 Å². The first-order valence-electron chi connectivity index (χ1n) is 4.45. The number of hydrogen-bond donors (Lipinski definition) is 1. The van der Waals surface area contributed by atoms with Gasteiger partial charge in [-0.05, 0) is 18.8 Å². The minimum atomic E-state index is -0.588. The molecule has 0 spiro atoms. The van der Waals surface area contributed by atoms with Crippen LogP contribution in [-0.4, -0.2) is 16.5 Å². The largest absolute Gasteiger partial charge is 0.389 e. The number of rotatable bonds is 0. The molecule has 0 saturated heterocycles. The van der Waals surface area contributed by atoms with Gasteiger partial charge in [0.1, 0.15) is 5.78 Å². The first-order valence-corrected chi connectivity index (χ1v) is 4.45. The lowest BCUT2D eigenvalue weighted by molar-refractivity contribution is -0.118. The van der Waals surface area contributed by atoms with Gasteiger partial charge in [0.25, 0.3) is 0 Å². The zero-order valence-electron chi connectivity index (χ0n) is 6.68. The average Bonchev–Trinajstić information content (AvgIpc) is 2.22. The molecule has 2 saturated carbocycles. The maximum absolute atomic E-state index is 11.1. The van der Waals surface area contributed by atoms with E-state index in [0.29, 0.717) is 18.8 Å². The molecule has 11 heavy (non-hydrogen) atoms. The standard InChI is InChI=1S/C9H14O2/c10-8-5-7-3-1-2-4-9(7,11)6-8/h7,11H,1-6H2. The Hall–Kier alpha value is -0.370. The molecule has 2 fully saturated rings. The summed E-state index contributed by atoms with van der Waals surface area (Å²) in [7, 11) is 0. The molecule has 2 aliphatic rings. The van der Waals surface area contributed by atoms with Gasteiger partial charge in [-0.15, -0.1) is 0 Å². The van der Waals surface area contributed by atoms with E-state index in [1.54, 1.807) is 0 Å². The Morgan fingerprint density at radius 1 is 1.45 bits per heavy atom. The molecule has 0 aromatic heterocycles. The van der Waals surface area contributed by atoms with Gasteiger partial charge in [-0.25, -0.2) is 0 Å². The van der Waals surface area contributed by atoms with E-state index in [2.05, 4.69) is 0 Å². The number of carbonyl (C=O) groups is 1. The van der Waals surface area contributed by atoms with Gasteiger partial charge < -0.3 is 5.11 Å². The van der Waals surface area contributed by atoms with Crippen molar-refractivity contribution in [1.82, 2.24) is 0 Å². The van der Waals surface area contributed by atoms with Crippen LogP contribution in [-0.2, 0) is 4.79 Å². The van der Waals surface area contributed by atoms with Gasteiger partial charge in [0, 0.05) is 12.8 Å². The summed E-state index contributed by atoms with van der Waals surface area (Å²) in [5.41, 5.74) is -0.588. The molecule has 2 rings (SSSR count). The maximum atomic E-state index is 11.1. The molecular formula is C9H14O2. The van der Waals surface area contributed by atoms with Crippen LogP contribution >= 0.6 is 0 Å². The highest BCUT2D eigenvalue weighted by Crippen LogP contribution is 2.43. The van der Waals surface area contributed by atoms with Gasteiger partial charge in [0.05, 0.1) is 5.60 Å². The lowest BCUT2D eigenvalue weighted by Gasteiger charge is -2.33. The molecule has 0 radical (unpaired) electrons. The zero-order valence-corrected chi connectivity index (χ0v) is 6.68. The monoisotopic (exact) mass is 154 g/mol. The third-order valence-electron chi connectivity index (χ3n) is 3.15. The minimum absolute atomic E-state index is 0.263. The number of ketones is 1. The molecule has 0 aromatic carbocycles. The molecule has 2 aliphatic carbocycles. The van der Waals surface area contributed by atoms with Gasteiger partial charge in [-0.3, -0.25) is 4.79 Å². The lowest BCUT2D eigenvalue weighted by Crippen LogP contribution is -2.35. The number of Topliss-reactive ketones (excluding diaryl/α,β-unsaturated/α-hetero) is 1. The predicted molar refractivity (Wildman–Crippen MR) is 41.1 cm³/mol. The fourth-order valence-corrected chi connectivity index (χ4v) is 2.51. The van der Waals surface area contributed by atoms with Crippen molar-refractivity contribution in [3.8, 4) is 0 Å². The molecular weight excluding hydrogens is 140 g/mol. The number of aliphatic hydroxyl groups is 1. The Morgan fingerprint density at radius 2 is 2.27 bits per heavy atom. The van der Waals surface area contributed by atoms with Gasteiger partial charge in [-0.1, -0.05) is 12.8 Å². The Bertz CT molecular complexity index is 188. The first kappa shape index (κ1) is 7.29. The first-order chi connectivity index (χ1) is 5.21. The second-order valence-corrected chi connectivity index (χ2v) is 3.97. The summed E-state index contributed by atoms with van der Waals surface area (Å²) in [4.78, 5) is 11.1. The van der Waals surface area contributed by atoms with E-state index in [9.17, 15) is 9.90 Å². The molecule has 0 aliphatic heterocycles. The van der Waals surface area contributed by atoms with Crippen molar-refractivity contribution < 1.29 is 9.90 Å². The molecule has 2 heteroatoms. The topological polar surface area (TPSA) is 37.3 Å². The number of carbonyl (C=O) groups excluding carboxylic acids is 1. The van der Waals surface area contributed by atoms with E-state index in [4.69, 9.17) is 0 Å². The summed E-state index contributed by atoms with van der Waals surface area (Å²) in [6.07, 6.45) is 5.26. The lowest BCUT2D eigenvalue weighted by atomic mass is 9.78. The molecule has 62 valence electrons. The second kappa shape index (κ2) is 2.31. The molecule has 0 aromatic rings. The van der Waals surface area contributed by atoms with E-state index in [-0.39, 0.29) is 5.78 Å². The third-order valence-corrected chi connectivity index (χ3v) is 3.15. The smallest absolute Gasteiger partial charge is 0.136 e. The van der Waals surface area contributed by atoms with Crippen molar-refractivity contribution in [2.75, 3.05) is 0 Å². The summed E-state index contributed by atoms with van der Waals surface area (Å²) in [6.45, 7) is 0. The van der Waals surface area contributed by atoms with Crippen LogP contribution in [0.25, 0.3) is 0 Å². The van der Waals surface area contributed by atoms with Crippen LogP contribution in [0.5, 0.6) is 0 Å². The van der Waals surface area contributed by atoms with Crippen LogP contribution in [0.1, 0.15) is 38.5 Å². The highest BCUT2D eigenvalue weighted by molar-refractivity contribution is 5.82. The molecule has 2 atom stereocenters. The Kier molecular flexibility index (Phi) is 1.53. The van der Waals surface area contributed by atoms with Crippen molar-refractivity contribution in [1.29, 1.82) is 0 Å². The van der Waals surface area contributed by atoms with Gasteiger partial charge >= 0.3 is 0 Å². The summed E-state index contributed by atoms with van der Waals surface area (Å²) in [5.74, 6) is 0.558. The fraction of sp³-hybridized carbons (Fsp3) is 0.889. The van der Waals surface area contributed by atoms with Crippen LogP contribution in [0, 0.1) is 5.92 Å². The van der Waals surface area contributed by atoms with E-state index < -0.39 is 5.60 Å². The normalized spacial score (nSPS) is 44.1. The van der Waals surface area contributed by atoms with Crippen molar-refractivity contribution in [2.24, 2.45) is 5.92 Å². The molecule has 2 unspecified atom stereocenters. The van der Waals surface area contributed by atoms with Crippen molar-refractivity contribution >= 4 is 5.78 Å².